The van der Waals surface area contributed by atoms with E-state index in [2.05, 4.69) is 13.8 Å². The third-order valence-electron chi connectivity index (χ3n) is 9.22. The second kappa shape index (κ2) is 12.0. The molecule has 2 fully saturated rings. The Morgan fingerprint density at radius 2 is 1.60 bits per heavy atom. The molecule has 234 valence electrons. The number of carboxylic acids is 1. The second-order valence-electron chi connectivity index (χ2n) is 13.3. The van der Waals surface area contributed by atoms with Gasteiger partial charge in [0.25, 0.3) is 0 Å². The highest BCUT2D eigenvalue weighted by molar-refractivity contribution is 6.10. The van der Waals surface area contributed by atoms with Crippen LogP contribution in [0.4, 0.5) is 22.0 Å². The fourth-order valence-electron chi connectivity index (χ4n) is 6.90. The standard InChI is InChI=1S/C33H38F5NO4/c1-19-16-23(29(33(36,37)38)39(19)22-12-14-32(4,15-13-22)30(42)43)28(41)21(9-8-20-17-31(2,3)18-20)10-11-26(40)27-24(34)6-5-7-25(27)35/h5-7,9,16,20,22H,8,10-15,17-18H2,1-4H3,(H,42,43). The van der Waals surface area contributed by atoms with E-state index >= 15 is 0 Å². The first kappa shape index (κ1) is 32.6. The summed E-state index contributed by atoms with van der Waals surface area (Å²) in [7, 11) is 0. The fourth-order valence-corrected chi connectivity index (χ4v) is 6.90. The van der Waals surface area contributed by atoms with Crippen molar-refractivity contribution in [1.82, 2.24) is 4.57 Å². The number of Topliss-reactive ketones (excluding diaryl/α,β-unsaturated/α-hetero) is 2. The number of carbonyl (C=O) groups excluding carboxylic acids is 2. The van der Waals surface area contributed by atoms with Crippen molar-refractivity contribution in [1.29, 1.82) is 0 Å². The zero-order valence-electron chi connectivity index (χ0n) is 24.9. The van der Waals surface area contributed by atoms with Crippen molar-refractivity contribution in [3.05, 3.63) is 70.1 Å². The average molecular weight is 608 g/mol. The Balaban J connectivity index is 1.66. The quantitative estimate of drug-likeness (QED) is 0.166. The number of hydrogen-bond donors (Lipinski definition) is 1. The van der Waals surface area contributed by atoms with Crippen molar-refractivity contribution in [2.45, 2.75) is 97.7 Å². The maximum Gasteiger partial charge on any atom is 0.432 e. The molecular weight excluding hydrogens is 569 g/mol. The minimum absolute atomic E-state index is 0.000417. The first-order valence-corrected chi connectivity index (χ1v) is 14.7. The highest BCUT2D eigenvalue weighted by Gasteiger charge is 2.45. The zero-order valence-corrected chi connectivity index (χ0v) is 24.9. The van der Waals surface area contributed by atoms with E-state index in [1.807, 2.05) is 0 Å². The Labute approximate surface area is 248 Å². The number of aromatic nitrogens is 1. The first-order chi connectivity index (χ1) is 19.9. The van der Waals surface area contributed by atoms with Crippen LogP contribution in [0.15, 0.2) is 35.9 Å². The van der Waals surface area contributed by atoms with Gasteiger partial charge in [-0.1, -0.05) is 26.0 Å². The minimum Gasteiger partial charge on any atom is -0.481 e. The molecule has 1 heterocycles. The number of rotatable bonds is 10. The lowest BCUT2D eigenvalue weighted by atomic mass is 9.63. The van der Waals surface area contributed by atoms with Crippen molar-refractivity contribution in [3.8, 4) is 0 Å². The van der Waals surface area contributed by atoms with Gasteiger partial charge in [0.1, 0.15) is 17.3 Å². The normalized spacial score (nSPS) is 22.7. The number of carbonyl (C=O) groups is 3. The van der Waals surface area contributed by atoms with Gasteiger partial charge in [-0.05, 0) is 100 Å². The van der Waals surface area contributed by atoms with E-state index < -0.39 is 70.0 Å². The van der Waals surface area contributed by atoms with Gasteiger partial charge in [0.15, 0.2) is 11.6 Å². The molecule has 0 spiro atoms. The van der Waals surface area contributed by atoms with Crippen LogP contribution in [0.2, 0.25) is 0 Å². The molecule has 10 heteroatoms. The van der Waals surface area contributed by atoms with Crippen molar-refractivity contribution in [3.63, 3.8) is 0 Å². The zero-order chi connectivity index (χ0) is 31.9. The number of hydrogen-bond acceptors (Lipinski definition) is 3. The molecule has 0 atom stereocenters. The number of aliphatic carboxylic acids is 1. The summed E-state index contributed by atoms with van der Waals surface area (Å²) in [5.74, 6) is -4.60. The van der Waals surface area contributed by atoms with Crippen LogP contribution in [-0.2, 0) is 11.0 Å². The highest BCUT2D eigenvalue weighted by atomic mass is 19.4. The monoisotopic (exact) mass is 607 g/mol. The van der Waals surface area contributed by atoms with Crippen LogP contribution in [-0.4, -0.2) is 27.2 Å². The number of aryl methyl sites for hydroxylation is 1. The van der Waals surface area contributed by atoms with Gasteiger partial charge >= 0.3 is 12.1 Å². The molecule has 0 unspecified atom stereocenters. The average Bonchev–Trinajstić information content (AvgIpc) is 3.25. The first-order valence-electron chi connectivity index (χ1n) is 14.7. The molecule has 0 aliphatic heterocycles. The third kappa shape index (κ3) is 6.93. The number of ketones is 2. The van der Waals surface area contributed by atoms with Gasteiger partial charge in [0.05, 0.1) is 16.5 Å². The molecule has 0 saturated heterocycles. The Morgan fingerprint density at radius 3 is 2.12 bits per heavy atom. The van der Waals surface area contributed by atoms with Crippen molar-refractivity contribution >= 4 is 17.5 Å². The molecule has 0 amide bonds. The molecule has 0 radical (unpaired) electrons. The van der Waals surface area contributed by atoms with E-state index in [4.69, 9.17) is 0 Å². The molecular formula is C33H38F5NO4. The third-order valence-corrected chi connectivity index (χ3v) is 9.22. The summed E-state index contributed by atoms with van der Waals surface area (Å²) in [5, 5.41) is 9.56. The smallest absolute Gasteiger partial charge is 0.432 e. The van der Waals surface area contributed by atoms with Crippen LogP contribution in [0, 0.1) is 35.3 Å². The van der Waals surface area contributed by atoms with E-state index in [0.29, 0.717) is 6.42 Å². The largest absolute Gasteiger partial charge is 0.481 e. The van der Waals surface area contributed by atoms with Crippen LogP contribution in [0.1, 0.15) is 117 Å². The topological polar surface area (TPSA) is 76.4 Å². The number of carboxylic acid groups (broad SMARTS) is 1. The summed E-state index contributed by atoms with van der Waals surface area (Å²) in [6, 6.07) is 3.58. The van der Waals surface area contributed by atoms with Gasteiger partial charge in [-0.3, -0.25) is 14.4 Å². The van der Waals surface area contributed by atoms with E-state index in [-0.39, 0.29) is 54.7 Å². The maximum atomic E-state index is 14.6. The molecule has 4 rings (SSSR count). The summed E-state index contributed by atoms with van der Waals surface area (Å²) < 4.78 is 73.5. The molecule has 1 aromatic heterocycles. The molecule has 1 aromatic carbocycles. The molecule has 2 aliphatic rings. The fraction of sp³-hybridized carbons (Fsp3) is 0.545. The highest BCUT2D eigenvalue weighted by Crippen LogP contribution is 2.47. The SMILES string of the molecule is Cc1cc(C(=O)C(=CCC2CC(C)(C)C2)CCC(=O)c2c(F)cccc2F)c(C(F)(F)F)n1C1CCC(C)(C(=O)O)CC1. The van der Waals surface area contributed by atoms with E-state index in [1.165, 1.54) is 13.0 Å². The summed E-state index contributed by atoms with van der Waals surface area (Å²) >= 11 is 0. The van der Waals surface area contributed by atoms with Gasteiger partial charge in [-0.25, -0.2) is 8.78 Å². The summed E-state index contributed by atoms with van der Waals surface area (Å²) in [6.07, 6.45) is -1.03. The molecule has 2 aliphatic carbocycles. The van der Waals surface area contributed by atoms with Crippen molar-refractivity contribution in [2.75, 3.05) is 0 Å². The number of benzene rings is 1. The predicted molar refractivity (Wildman–Crippen MR) is 151 cm³/mol. The number of allylic oxidation sites excluding steroid dienone is 2. The second-order valence-corrected chi connectivity index (χ2v) is 13.3. The maximum absolute atomic E-state index is 14.6. The van der Waals surface area contributed by atoms with E-state index in [0.717, 1.165) is 35.6 Å². The lowest BCUT2D eigenvalue weighted by Crippen LogP contribution is -2.34. The summed E-state index contributed by atoms with van der Waals surface area (Å²) in [5.41, 5.74) is -3.04. The molecule has 2 saturated carbocycles. The Hall–Kier alpha value is -3.30. The summed E-state index contributed by atoms with van der Waals surface area (Å²) in [6.45, 7) is 7.28. The van der Waals surface area contributed by atoms with Crippen molar-refractivity contribution < 1.29 is 41.4 Å². The Bertz CT molecular complexity index is 1420. The molecule has 43 heavy (non-hydrogen) atoms. The van der Waals surface area contributed by atoms with Gasteiger partial charge in [0.2, 0.25) is 0 Å². The van der Waals surface area contributed by atoms with E-state index in [1.54, 1.807) is 13.0 Å². The number of nitrogens with zero attached hydrogens (tertiary/aromatic N) is 1. The number of halogens is 5. The van der Waals surface area contributed by atoms with Gasteiger partial charge in [-0.15, -0.1) is 0 Å². The van der Waals surface area contributed by atoms with Crippen LogP contribution in [0.25, 0.3) is 0 Å². The summed E-state index contributed by atoms with van der Waals surface area (Å²) in [4.78, 5) is 38.3. The van der Waals surface area contributed by atoms with E-state index in [9.17, 15) is 41.4 Å². The molecule has 1 N–H and O–H groups in total. The van der Waals surface area contributed by atoms with Gasteiger partial charge in [0, 0.05) is 18.2 Å². The lowest BCUT2D eigenvalue weighted by Gasteiger charge is -2.42. The van der Waals surface area contributed by atoms with Crippen LogP contribution in [0.5, 0.6) is 0 Å². The predicted octanol–water partition coefficient (Wildman–Crippen LogP) is 8.90. The molecule has 0 bridgehead atoms. The lowest BCUT2D eigenvalue weighted by molar-refractivity contribution is -0.151. The van der Waals surface area contributed by atoms with Crippen LogP contribution < -0.4 is 0 Å². The Kier molecular flexibility index (Phi) is 9.10. The van der Waals surface area contributed by atoms with Crippen LogP contribution >= 0.6 is 0 Å². The van der Waals surface area contributed by atoms with Gasteiger partial charge in [-0.2, -0.15) is 13.2 Å². The molecule has 5 nitrogen and oxygen atoms in total. The van der Waals surface area contributed by atoms with Crippen molar-refractivity contribution in [2.24, 2.45) is 16.7 Å². The van der Waals surface area contributed by atoms with Gasteiger partial charge < -0.3 is 9.67 Å². The minimum atomic E-state index is -4.89. The molecule has 2 aromatic rings. The van der Waals surface area contributed by atoms with Crippen LogP contribution in [0.3, 0.4) is 0 Å². The number of alkyl halides is 3. The Morgan fingerprint density at radius 1 is 1.02 bits per heavy atom.